The minimum Gasteiger partial charge on any atom is -0.444 e. The fourth-order valence-corrected chi connectivity index (χ4v) is 4.43. The minimum atomic E-state index is -4.40. The molecule has 4 aromatic rings. The van der Waals surface area contributed by atoms with Crippen LogP contribution in [0.15, 0.2) is 70.3 Å². The number of anilines is 1. The summed E-state index contributed by atoms with van der Waals surface area (Å²) in [7, 11) is 0. The molecule has 0 bridgehead atoms. The van der Waals surface area contributed by atoms with E-state index in [0.29, 0.717) is 53.6 Å². The number of alkyl halides is 3. The molecule has 0 fully saturated rings. The molecule has 0 saturated carbocycles. The minimum absolute atomic E-state index is 0.142. The number of halogens is 3. The third kappa shape index (κ3) is 5.04. The summed E-state index contributed by atoms with van der Waals surface area (Å²) in [5.41, 5.74) is 2.03. The molecular weight excluding hydrogens is 499 g/mol. The Labute approximate surface area is 215 Å². The maximum absolute atomic E-state index is 13.3. The summed E-state index contributed by atoms with van der Waals surface area (Å²) in [5.74, 6) is 0.760. The number of amides is 1. The van der Waals surface area contributed by atoms with Crippen molar-refractivity contribution >= 4 is 11.9 Å². The van der Waals surface area contributed by atoms with Crippen LogP contribution >= 0.6 is 0 Å². The SMILES string of the molecule is CCn1c(NCc2ccc(C(F)(F)F)cc2)nc2c(c1=O)CN(C(=O)c1ccc(-c3cnco3)cc1)CC2. The fraction of sp³-hybridized carbons (Fsp3) is 0.259. The van der Waals surface area contributed by atoms with Gasteiger partial charge in [0.05, 0.1) is 29.6 Å². The number of fused-ring (bicyclic) bond motifs is 1. The molecule has 2 aromatic carbocycles. The number of hydrogen-bond acceptors (Lipinski definition) is 6. The summed E-state index contributed by atoms with van der Waals surface area (Å²) in [6.07, 6.45) is -1.06. The number of oxazole rings is 1. The van der Waals surface area contributed by atoms with Gasteiger partial charge >= 0.3 is 6.18 Å². The van der Waals surface area contributed by atoms with Crippen LogP contribution in [-0.2, 0) is 32.2 Å². The summed E-state index contributed by atoms with van der Waals surface area (Å²) in [6, 6.07) is 11.8. The Balaban J connectivity index is 1.31. The van der Waals surface area contributed by atoms with Crippen molar-refractivity contribution in [3.63, 3.8) is 0 Å². The van der Waals surface area contributed by atoms with Crippen molar-refractivity contribution in [1.82, 2.24) is 19.4 Å². The molecule has 5 rings (SSSR count). The van der Waals surface area contributed by atoms with Crippen LogP contribution in [0.5, 0.6) is 0 Å². The average Bonchev–Trinajstić information content (AvgIpc) is 3.46. The molecule has 8 nitrogen and oxygen atoms in total. The normalized spacial score (nSPS) is 13.3. The number of benzene rings is 2. The van der Waals surface area contributed by atoms with E-state index in [-0.39, 0.29) is 24.6 Å². The first-order chi connectivity index (χ1) is 18.2. The topological polar surface area (TPSA) is 93.3 Å². The zero-order valence-corrected chi connectivity index (χ0v) is 20.5. The van der Waals surface area contributed by atoms with Gasteiger partial charge in [-0.15, -0.1) is 0 Å². The summed E-state index contributed by atoms with van der Waals surface area (Å²) in [5, 5.41) is 3.08. The van der Waals surface area contributed by atoms with E-state index in [4.69, 9.17) is 4.42 Å². The maximum Gasteiger partial charge on any atom is 0.416 e. The smallest absolute Gasteiger partial charge is 0.416 e. The lowest BCUT2D eigenvalue weighted by Gasteiger charge is -2.29. The van der Waals surface area contributed by atoms with Crippen LogP contribution in [0, 0.1) is 0 Å². The largest absolute Gasteiger partial charge is 0.444 e. The van der Waals surface area contributed by atoms with E-state index in [1.165, 1.54) is 23.1 Å². The number of carbonyl (C=O) groups excluding carboxylic acids is 1. The standard InChI is InChI=1S/C27H24F3N5O3/c1-2-35-25(37)21-15-34(24(36)19-7-5-18(6-8-19)23-14-31-16-38-23)12-11-22(21)33-26(35)32-13-17-3-9-20(10-4-17)27(28,29)30/h3-10,14,16H,2,11-13,15H2,1H3,(H,32,33). The molecule has 1 amide bonds. The molecule has 11 heteroatoms. The van der Waals surface area contributed by atoms with Crippen molar-refractivity contribution in [3.05, 3.63) is 99.4 Å². The van der Waals surface area contributed by atoms with E-state index in [1.807, 2.05) is 0 Å². The van der Waals surface area contributed by atoms with Gasteiger partial charge in [0.1, 0.15) is 0 Å². The molecule has 0 unspecified atom stereocenters. The van der Waals surface area contributed by atoms with Gasteiger partial charge in [-0.05, 0) is 36.8 Å². The number of nitrogens with zero attached hydrogens (tertiary/aromatic N) is 4. The summed E-state index contributed by atoms with van der Waals surface area (Å²) >= 11 is 0. The first kappa shape index (κ1) is 25.2. The highest BCUT2D eigenvalue weighted by atomic mass is 19.4. The Kier molecular flexibility index (Phi) is 6.75. The molecule has 2 aromatic heterocycles. The summed E-state index contributed by atoms with van der Waals surface area (Å²) in [6.45, 7) is 2.89. The zero-order chi connectivity index (χ0) is 26.9. The van der Waals surface area contributed by atoms with Crippen LogP contribution in [0.1, 0.15) is 39.7 Å². The Bertz CT molecular complexity index is 1500. The number of aromatic nitrogens is 3. The first-order valence-corrected chi connectivity index (χ1v) is 12.1. The highest BCUT2D eigenvalue weighted by Gasteiger charge is 2.30. The maximum atomic E-state index is 13.3. The lowest BCUT2D eigenvalue weighted by atomic mass is 10.0. The first-order valence-electron chi connectivity index (χ1n) is 12.1. The van der Waals surface area contributed by atoms with Crippen LogP contribution in [0.4, 0.5) is 19.1 Å². The molecule has 1 aliphatic rings. The highest BCUT2D eigenvalue weighted by Crippen LogP contribution is 2.29. The van der Waals surface area contributed by atoms with Crippen LogP contribution in [0.25, 0.3) is 11.3 Å². The molecule has 1 N–H and O–H groups in total. The van der Waals surface area contributed by atoms with E-state index in [1.54, 1.807) is 42.3 Å². The van der Waals surface area contributed by atoms with Gasteiger partial charge in [-0.2, -0.15) is 13.2 Å². The van der Waals surface area contributed by atoms with E-state index >= 15 is 0 Å². The molecule has 0 atom stereocenters. The molecular formula is C27H24F3N5O3. The van der Waals surface area contributed by atoms with Gasteiger partial charge in [0.2, 0.25) is 5.95 Å². The average molecular weight is 524 g/mol. The summed E-state index contributed by atoms with van der Waals surface area (Å²) in [4.78, 5) is 36.6. The second kappa shape index (κ2) is 10.2. The zero-order valence-electron chi connectivity index (χ0n) is 20.5. The van der Waals surface area contributed by atoms with Gasteiger partial charge in [0.25, 0.3) is 11.5 Å². The predicted octanol–water partition coefficient (Wildman–Crippen LogP) is 4.75. The quantitative estimate of drug-likeness (QED) is 0.392. The highest BCUT2D eigenvalue weighted by molar-refractivity contribution is 5.94. The monoisotopic (exact) mass is 523 g/mol. The van der Waals surface area contributed by atoms with E-state index in [2.05, 4.69) is 15.3 Å². The van der Waals surface area contributed by atoms with Gasteiger partial charge in [-0.3, -0.25) is 14.2 Å². The number of rotatable bonds is 6. The Morgan fingerprint density at radius 3 is 2.47 bits per heavy atom. The number of hydrogen-bond donors (Lipinski definition) is 1. The lowest BCUT2D eigenvalue weighted by molar-refractivity contribution is -0.137. The molecule has 1 aliphatic heterocycles. The van der Waals surface area contributed by atoms with E-state index in [9.17, 15) is 22.8 Å². The molecule has 0 saturated heterocycles. The Hall–Kier alpha value is -4.41. The Morgan fingerprint density at radius 1 is 1.11 bits per heavy atom. The summed E-state index contributed by atoms with van der Waals surface area (Å²) < 4.78 is 45.2. The van der Waals surface area contributed by atoms with Crippen molar-refractivity contribution in [3.8, 4) is 11.3 Å². The molecule has 0 radical (unpaired) electrons. The Morgan fingerprint density at radius 2 is 1.84 bits per heavy atom. The van der Waals surface area contributed by atoms with Crippen LogP contribution in [0.3, 0.4) is 0 Å². The molecule has 0 spiro atoms. The third-order valence-electron chi connectivity index (χ3n) is 6.50. The van der Waals surface area contributed by atoms with Gasteiger partial charge < -0.3 is 14.6 Å². The van der Waals surface area contributed by atoms with Gasteiger partial charge in [-0.25, -0.2) is 9.97 Å². The van der Waals surface area contributed by atoms with Gasteiger partial charge in [0, 0.05) is 37.2 Å². The van der Waals surface area contributed by atoms with Gasteiger partial charge in [0.15, 0.2) is 12.2 Å². The van der Waals surface area contributed by atoms with Crippen molar-refractivity contribution < 1.29 is 22.4 Å². The fourth-order valence-electron chi connectivity index (χ4n) is 4.43. The van der Waals surface area contributed by atoms with E-state index in [0.717, 1.165) is 17.7 Å². The van der Waals surface area contributed by atoms with Crippen LogP contribution in [-0.4, -0.2) is 31.9 Å². The van der Waals surface area contributed by atoms with Crippen LogP contribution < -0.4 is 10.9 Å². The van der Waals surface area contributed by atoms with Crippen molar-refractivity contribution in [2.75, 3.05) is 11.9 Å². The second-order valence-electron chi connectivity index (χ2n) is 8.88. The van der Waals surface area contributed by atoms with Crippen molar-refractivity contribution in [2.24, 2.45) is 0 Å². The van der Waals surface area contributed by atoms with Crippen molar-refractivity contribution in [1.29, 1.82) is 0 Å². The second-order valence-corrected chi connectivity index (χ2v) is 8.88. The number of nitrogens with one attached hydrogen (secondary N) is 1. The molecule has 0 aliphatic carbocycles. The molecule has 3 heterocycles. The third-order valence-corrected chi connectivity index (χ3v) is 6.50. The lowest BCUT2D eigenvalue weighted by Crippen LogP contribution is -2.41. The molecule has 38 heavy (non-hydrogen) atoms. The van der Waals surface area contributed by atoms with Crippen molar-refractivity contribution in [2.45, 2.75) is 39.2 Å². The predicted molar refractivity (Wildman–Crippen MR) is 133 cm³/mol. The van der Waals surface area contributed by atoms with Gasteiger partial charge in [-0.1, -0.05) is 24.3 Å². The molecule has 196 valence electrons. The van der Waals surface area contributed by atoms with E-state index < -0.39 is 11.7 Å². The number of carbonyl (C=O) groups is 1. The van der Waals surface area contributed by atoms with Crippen LogP contribution in [0.2, 0.25) is 0 Å².